The monoisotopic (exact) mass is 320 g/mol. The Labute approximate surface area is 133 Å². The molecular formula is C16H32O6. The molecule has 0 aromatic carbocycles. The summed E-state index contributed by atoms with van der Waals surface area (Å²) in [7, 11) is 0. The van der Waals surface area contributed by atoms with Gasteiger partial charge in [0.15, 0.2) is 6.29 Å². The molecule has 1 heterocycles. The topological polar surface area (TPSA) is 99.4 Å². The average molecular weight is 320 g/mol. The summed E-state index contributed by atoms with van der Waals surface area (Å²) < 4.78 is 10.6. The molecule has 1 aliphatic heterocycles. The molecule has 4 N–H and O–H groups in total. The van der Waals surface area contributed by atoms with Gasteiger partial charge in [-0.3, -0.25) is 0 Å². The molecule has 0 bridgehead atoms. The summed E-state index contributed by atoms with van der Waals surface area (Å²) in [4.78, 5) is 0. The fourth-order valence-electron chi connectivity index (χ4n) is 2.56. The van der Waals surface area contributed by atoms with Crippen molar-refractivity contribution in [1.29, 1.82) is 0 Å². The first-order valence-electron chi connectivity index (χ1n) is 8.32. The molecule has 1 saturated heterocycles. The molecule has 7 atom stereocenters. The molecule has 1 aliphatic rings. The Morgan fingerprint density at radius 1 is 0.955 bits per heavy atom. The Kier molecular flexibility index (Phi) is 8.82. The molecule has 1 fully saturated rings. The lowest BCUT2D eigenvalue weighted by Crippen LogP contribution is -2.58. The molecule has 0 radical (unpaired) electrons. The van der Waals surface area contributed by atoms with Crippen molar-refractivity contribution >= 4 is 0 Å². The standard InChI is InChI=1S/C16H32O6/c1-4-10(2)6-5-7-11(3)8-21-9-12-13(17)14(18)15(19)16(20)22-12/h10-20H,4-9H2,1-3H3. The number of ether oxygens (including phenoxy) is 2. The van der Waals surface area contributed by atoms with Crippen LogP contribution in [0.3, 0.4) is 0 Å². The van der Waals surface area contributed by atoms with Crippen LogP contribution in [0.25, 0.3) is 0 Å². The Bertz CT molecular complexity index is 300. The summed E-state index contributed by atoms with van der Waals surface area (Å²) in [6.45, 7) is 7.20. The Hall–Kier alpha value is -0.240. The minimum Gasteiger partial charge on any atom is -0.387 e. The zero-order valence-corrected chi connectivity index (χ0v) is 13.9. The van der Waals surface area contributed by atoms with Gasteiger partial charge in [0, 0.05) is 6.61 Å². The van der Waals surface area contributed by atoms with Crippen molar-refractivity contribution in [2.75, 3.05) is 13.2 Å². The lowest BCUT2D eigenvalue weighted by Gasteiger charge is -2.38. The second-order valence-corrected chi connectivity index (χ2v) is 6.62. The van der Waals surface area contributed by atoms with Gasteiger partial charge in [-0.2, -0.15) is 0 Å². The minimum absolute atomic E-state index is 0.0811. The van der Waals surface area contributed by atoms with Gasteiger partial charge in [-0.15, -0.1) is 0 Å². The molecule has 0 aromatic rings. The molecule has 0 saturated carbocycles. The van der Waals surface area contributed by atoms with Crippen LogP contribution in [0.4, 0.5) is 0 Å². The largest absolute Gasteiger partial charge is 0.387 e. The first kappa shape index (κ1) is 19.8. The number of aliphatic hydroxyl groups is 4. The molecule has 1 rings (SSSR count). The van der Waals surface area contributed by atoms with Crippen LogP contribution in [0, 0.1) is 11.8 Å². The van der Waals surface area contributed by atoms with E-state index >= 15 is 0 Å². The molecule has 132 valence electrons. The molecule has 7 unspecified atom stereocenters. The van der Waals surface area contributed by atoms with E-state index in [1.807, 2.05) is 0 Å². The fraction of sp³-hybridized carbons (Fsp3) is 1.00. The first-order chi connectivity index (χ1) is 10.4. The zero-order valence-electron chi connectivity index (χ0n) is 13.9. The summed E-state index contributed by atoms with van der Waals surface area (Å²) in [6, 6.07) is 0. The van der Waals surface area contributed by atoms with Crippen molar-refractivity contribution in [2.45, 2.75) is 77.2 Å². The van der Waals surface area contributed by atoms with Crippen molar-refractivity contribution < 1.29 is 29.9 Å². The molecular weight excluding hydrogens is 288 g/mol. The molecule has 22 heavy (non-hydrogen) atoms. The van der Waals surface area contributed by atoms with E-state index in [1.165, 1.54) is 19.3 Å². The van der Waals surface area contributed by atoms with Crippen LogP contribution in [0.5, 0.6) is 0 Å². The summed E-state index contributed by atoms with van der Waals surface area (Å²) in [5.41, 5.74) is 0. The molecule has 0 aliphatic carbocycles. The smallest absolute Gasteiger partial charge is 0.184 e. The highest BCUT2D eigenvalue weighted by molar-refractivity contribution is 4.88. The van der Waals surface area contributed by atoms with Crippen LogP contribution in [0.1, 0.15) is 46.5 Å². The van der Waals surface area contributed by atoms with Gasteiger partial charge in [0.25, 0.3) is 0 Å². The van der Waals surface area contributed by atoms with Gasteiger partial charge in [0.2, 0.25) is 0 Å². The van der Waals surface area contributed by atoms with Gasteiger partial charge in [-0.1, -0.05) is 40.0 Å². The average Bonchev–Trinajstić information content (AvgIpc) is 2.49. The van der Waals surface area contributed by atoms with Gasteiger partial charge < -0.3 is 29.9 Å². The van der Waals surface area contributed by atoms with E-state index in [4.69, 9.17) is 9.47 Å². The van der Waals surface area contributed by atoms with Crippen molar-refractivity contribution in [1.82, 2.24) is 0 Å². The first-order valence-corrected chi connectivity index (χ1v) is 8.32. The van der Waals surface area contributed by atoms with E-state index in [9.17, 15) is 20.4 Å². The maximum atomic E-state index is 9.79. The summed E-state index contributed by atoms with van der Waals surface area (Å²) in [5, 5.41) is 38.2. The van der Waals surface area contributed by atoms with E-state index in [0.717, 1.165) is 12.3 Å². The lowest BCUT2D eigenvalue weighted by molar-refractivity contribution is -0.289. The Morgan fingerprint density at radius 3 is 2.23 bits per heavy atom. The van der Waals surface area contributed by atoms with Crippen LogP contribution < -0.4 is 0 Å². The van der Waals surface area contributed by atoms with Gasteiger partial charge in [-0.05, 0) is 18.3 Å². The predicted molar refractivity (Wildman–Crippen MR) is 82.2 cm³/mol. The minimum atomic E-state index is -1.50. The summed E-state index contributed by atoms with van der Waals surface area (Å²) >= 11 is 0. The number of rotatable bonds is 9. The van der Waals surface area contributed by atoms with Crippen LogP contribution in [0.2, 0.25) is 0 Å². The summed E-state index contributed by atoms with van der Waals surface area (Å²) in [6.07, 6.45) is -1.83. The lowest BCUT2D eigenvalue weighted by atomic mass is 9.97. The van der Waals surface area contributed by atoms with Crippen molar-refractivity contribution in [3.63, 3.8) is 0 Å². The predicted octanol–water partition coefficient (Wildman–Crippen LogP) is 0.655. The quantitative estimate of drug-likeness (QED) is 0.498. The highest BCUT2D eigenvalue weighted by atomic mass is 16.6. The van der Waals surface area contributed by atoms with E-state index < -0.39 is 30.7 Å². The van der Waals surface area contributed by atoms with Crippen LogP contribution in [-0.2, 0) is 9.47 Å². The summed E-state index contributed by atoms with van der Waals surface area (Å²) in [5.74, 6) is 1.17. The highest BCUT2D eigenvalue weighted by Crippen LogP contribution is 2.20. The SMILES string of the molecule is CCC(C)CCCC(C)COCC1OC(O)C(O)C(O)C1O. The van der Waals surface area contributed by atoms with Crippen LogP contribution in [0.15, 0.2) is 0 Å². The van der Waals surface area contributed by atoms with Gasteiger partial charge in [0.05, 0.1) is 6.61 Å². The van der Waals surface area contributed by atoms with Gasteiger partial charge in [-0.25, -0.2) is 0 Å². The molecule has 0 aromatic heterocycles. The third kappa shape index (κ3) is 6.10. The second-order valence-electron chi connectivity index (χ2n) is 6.62. The normalized spacial score (nSPS) is 35.3. The van der Waals surface area contributed by atoms with Gasteiger partial charge >= 0.3 is 0 Å². The Morgan fingerprint density at radius 2 is 1.59 bits per heavy atom. The third-order valence-electron chi connectivity index (χ3n) is 4.46. The highest BCUT2D eigenvalue weighted by Gasteiger charge is 2.42. The second kappa shape index (κ2) is 9.80. The molecule has 0 amide bonds. The molecule has 0 spiro atoms. The molecule has 6 heteroatoms. The maximum absolute atomic E-state index is 9.79. The van der Waals surface area contributed by atoms with E-state index in [0.29, 0.717) is 12.5 Å². The van der Waals surface area contributed by atoms with E-state index in [-0.39, 0.29) is 6.61 Å². The van der Waals surface area contributed by atoms with E-state index in [1.54, 1.807) is 0 Å². The number of hydrogen-bond donors (Lipinski definition) is 4. The Balaban J connectivity index is 2.20. The molecule has 6 nitrogen and oxygen atoms in total. The fourth-order valence-corrected chi connectivity index (χ4v) is 2.56. The van der Waals surface area contributed by atoms with Gasteiger partial charge in [0.1, 0.15) is 24.4 Å². The van der Waals surface area contributed by atoms with Crippen molar-refractivity contribution in [3.05, 3.63) is 0 Å². The van der Waals surface area contributed by atoms with Crippen LogP contribution in [-0.4, -0.2) is 64.3 Å². The van der Waals surface area contributed by atoms with Crippen LogP contribution >= 0.6 is 0 Å². The maximum Gasteiger partial charge on any atom is 0.184 e. The number of aliphatic hydroxyl groups excluding tert-OH is 4. The van der Waals surface area contributed by atoms with Crippen molar-refractivity contribution in [3.8, 4) is 0 Å². The zero-order chi connectivity index (χ0) is 16.7. The number of hydrogen-bond acceptors (Lipinski definition) is 6. The van der Waals surface area contributed by atoms with E-state index in [2.05, 4.69) is 20.8 Å². The third-order valence-corrected chi connectivity index (χ3v) is 4.46. The van der Waals surface area contributed by atoms with Crippen molar-refractivity contribution in [2.24, 2.45) is 11.8 Å².